The maximum absolute atomic E-state index is 11.9. The van der Waals surface area contributed by atoms with Gasteiger partial charge in [-0.3, -0.25) is 0 Å². The van der Waals surface area contributed by atoms with Crippen LogP contribution in [0.4, 0.5) is 0 Å². The van der Waals surface area contributed by atoms with Gasteiger partial charge in [0.25, 0.3) is 0 Å². The van der Waals surface area contributed by atoms with Gasteiger partial charge < -0.3 is 9.47 Å². The molecule has 1 aliphatic rings. The number of aryl methyl sites for hydroxylation is 2. The molecular formula is C16H18N4O3. The van der Waals surface area contributed by atoms with E-state index in [-0.39, 0.29) is 12.6 Å². The number of tetrazole rings is 1. The van der Waals surface area contributed by atoms with E-state index in [2.05, 4.69) is 27.7 Å². The molecule has 0 N–H and O–H groups in total. The first-order valence-corrected chi connectivity index (χ1v) is 7.55. The van der Waals surface area contributed by atoms with Crippen LogP contribution in [-0.4, -0.2) is 38.9 Å². The van der Waals surface area contributed by atoms with Crippen molar-refractivity contribution in [1.82, 2.24) is 20.2 Å². The second-order valence-corrected chi connectivity index (χ2v) is 5.19. The summed E-state index contributed by atoms with van der Waals surface area (Å²) in [5.41, 5.74) is 1.20. The number of nitrogens with zero attached hydrogens (tertiary/aromatic N) is 4. The molecule has 120 valence electrons. The number of aromatic nitrogens is 4. The van der Waals surface area contributed by atoms with Crippen LogP contribution in [0, 0.1) is 0 Å². The summed E-state index contributed by atoms with van der Waals surface area (Å²) in [5, 5.41) is 11.5. The molecule has 0 aliphatic carbocycles. The fourth-order valence-electron chi connectivity index (χ4n) is 2.30. The van der Waals surface area contributed by atoms with E-state index in [0.717, 1.165) is 6.42 Å². The summed E-state index contributed by atoms with van der Waals surface area (Å²) in [5.74, 6) is 0.146. The van der Waals surface area contributed by atoms with E-state index in [0.29, 0.717) is 25.4 Å². The molecule has 0 amide bonds. The quantitative estimate of drug-likeness (QED) is 0.591. The van der Waals surface area contributed by atoms with Gasteiger partial charge in [-0.25, -0.2) is 9.48 Å². The van der Waals surface area contributed by atoms with E-state index < -0.39 is 6.10 Å². The highest BCUT2D eigenvalue weighted by atomic mass is 16.6. The molecule has 2 heterocycles. The Bertz CT molecular complexity index is 669. The van der Waals surface area contributed by atoms with Crippen LogP contribution in [-0.2, 0) is 33.8 Å². The molecule has 23 heavy (non-hydrogen) atoms. The summed E-state index contributed by atoms with van der Waals surface area (Å²) in [6, 6.07) is 10.1. The second-order valence-electron chi connectivity index (χ2n) is 5.19. The number of hydrogen-bond acceptors (Lipinski definition) is 6. The first-order valence-electron chi connectivity index (χ1n) is 7.55. The van der Waals surface area contributed by atoms with Crippen molar-refractivity contribution in [3.05, 3.63) is 53.9 Å². The first-order chi connectivity index (χ1) is 11.3. The molecule has 0 bridgehead atoms. The van der Waals surface area contributed by atoms with Crippen LogP contribution < -0.4 is 0 Å². The van der Waals surface area contributed by atoms with Crippen LogP contribution in [0.2, 0.25) is 0 Å². The zero-order valence-corrected chi connectivity index (χ0v) is 12.7. The van der Waals surface area contributed by atoms with Crippen LogP contribution in [0.25, 0.3) is 0 Å². The molecule has 0 radical (unpaired) electrons. The Balaban J connectivity index is 1.52. The highest BCUT2D eigenvalue weighted by Crippen LogP contribution is 2.09. The zero-order valence-electron chi connectivity index (χ0n) is 12.7. The molecule has 1 aliphatic heterocycles. The van der Waals surface area contributed by atoms with Crippen LogP contribution in [0.15, 0.2) is 42.5 Å². The van der Waals surface area contributed by atoms with Gasteiger partial charge in [0.15, 0.2) is 18.5 Å². The largest absolute Gasteiger partial charge is 0.455 e. The zero-order chi connectivity index (χ0) is 15.9. The molecule has 0 saturated heterocycles. The number of ether oxygens (including phenoxy) is 2. The van der Waals surface area contributed by atoms with Crippen molar-refractivity contribution in [2.75, 3.05) is 6.61 Å². The average molecular weight is 314 g/mol. The molecule has 1 atom stereocenters. The van der Waals surface area contributed by atoms with Gasteiger partial charge in [-0.2, -0.15) is 0 Å². The lowest BCUT2D eigenvalue weighted by molar-refractivity contribution is -0.158. The third kappa shape index (κ3) is 4.23. The summed E-state index contributed by atoms with van der Waals surface area (Å²) in [7, 11) is 0. The minimum atomic E-state index is -0.534. The molecule has 1 aromatic heterocycles. The van der Waals surface area contributed by atoms with Crippen molar-refractivity contribution in [2.45, 2.75) is 32.1 Å². The fourth-order valence-corrected chi connectivity index (χ4v) is 2.30. The van der Waals surface area contributed by atoms with Crippen molar-refractivity contribution in [3.63, 3.8) is 0 Å². The third-order valence-electron chi connectivity index (χ3n) is 3.58. The van der Waals surface area contributed by atoms with E-state index in [1.54, 1.807) is 4.68 Å². The van der Waals surface area contributed by atoms with Crippen molar-refractivity contribution in [3.8, 4) is 0 Å². The van der Waals surface area contributed by atoms with Crippen molar-refractivity contribution < 1.29 is 14.3 Å². The molecule has 1 aromatic carbocycles. The fraction of sp³-hybridized carbons (Fsp3) is 0.375. The van der Waals surface area contributed by atoms with Gasteiger partial charge in [0.05, 0.1) is 6.61 Å². The molecule has 2 aromatic rings. The van der Waals surface area contributed by atoms with Gasteiger partial charge in [-0.05, 0) is 22.4 Å². The Hall–Kier alpha value is -2.54. The van der Waals surface area contributed by atoms with E-state index in [9.17, 15) is 4.79 Å². The van der Waals surface area contributed by atoms with Crippen LogP contribution in [0.3, 0.4) is 0 Å². The highest BCUT2D eigenvalue weighted by Gasteiger charge is 2.22. The standard InChI is InChI=1S/C16H18N4O3/c21-16(14-8-4-5-11-22-14)23-12-15-17-18-19-20(15)10-9-13-6-2-1-3-7-13/h1-7,14H,8-12H2. The maximum atomic E-state index is 11.9. The predicted octanol–water partition coefficient (Wildman–Crippen LogP) is 1.30. The van der Waals surface area contributed by atoms with Crippen molar-refractivity contribution >= 4 is 5.97 Å². The summed E-state index contributed by atoms with van der Waals surface area (Å²) in [6.07, 6.45) is 4.61. The van der Waals surface area contributed by atoms with E-state index in [4.69, 9.17) is 9.47 Å². The summed E-state index contributed by atoms with van der Waals surface area (Å²) in [6.45, 7) is 1.12. The number of carbonyl (C=O) groups is 1. The van der Waals surface area contributed by atoms with Gasteiger partial charge in [0.2, 0.25) is 0 Å². The number of rotatable bonds is 6. The lowest BCUT2D eigenvalue weighted by atomic mass is 10.1. The third-order valence-corrected chi connectivity index (χ3v) is 3.58. The topological polar surface area (TPSA) is 79.1 Å². The predicted molar refractivity (Wildman–Crippen MR) is 81.3 cm³/mol. The van der Waals surface area contributed by atoms with Gasteiger partial charge in [0, 0.05) is 13.0 Å². The first kappa shape index (κ1) is 15.4. The molecule has 1 unspecified atom stereocenters. The second kappa shape index (κ2) is 7.64. The Morgan fingerprint density at radius 3 is 2.96 bits per heavy atom. The van der Waals surface area contributed by atoms with E-state index in [1.165, 1.54) is 5.56 Å². The Morgan fingerprint density at radius 1 is 1.30 bits per heavy atom. The Morgan fingerprint density at radius 2 is 2.17 bits per heavy atom. The monoisotopic (exact) mass is 314 g/mol. The van der Waals surface area contributed by atoms with Crippen molar-refractivity contribution in [1.29, 1.82) is 0 Å². The van der Waals surface area contributed by atoms with Gasteiger partial charge in [-0.1, -0.05) is 42.5 Å². The van der Waals surface area contributed by atoms with E-state index >= 15 is 0 Å². The van der Waals surface area contributed by atoms with Crippen molar-refractivity contribution in [2.24, 2.45) is 0 Å². The molecule has 0 spiro atoms. The van der Waals surface area contributed by atoms with Crippen LogP contribution in [0.5, 0.6) is 0 Å². The number of hydrogen-bond donors (Lipinski definition) is 0. The SMILES string of the molecule is O=C(OCc1nnnn1CCc1ccccc1)C1CC=CCO1. The summed E-state index contributed by atoms with van der Waals surface area (Å²) >= 11 is 0. The van der Waals surface area contributed by atoms with Crippen LogP contribution in [0.1, 0.15) is 17.8 Å². The lowest BCUT2D eigenvalue weighted by Crippen LogP contribution is -2.28. The molecule has 3 rings (SSSR count). The molecule has 0 saturated carbocycles. The average Bonchev–Trinajstić information content (AvgIpc) is 3.07. The lowest BCUT2D eigenvalue weighted by Gasteiger charge is -2.17. The summed E-state index contributed by atoms with van der Waals surface area (Å²) < 4.78 is 12.2. The highest BCUT2D eigenvalue weighted by molar-refractivity contribution is 5.75. The number of carbonyl (C=O) groups excluding carboxylic acids is 1. The molecule has 7 heteroatoms. The summed E-state index contributed by atoms with van der Waals surface area (Å²) in [4.78, 5) is 11.9. The van der Waals surface area contributed by atoms with E-state index in [1.807, 2.05) is 30.4 Å². The normalized spacial score (nSPS) is 17.1. The number of esters is 1. The smallest absolute Gasteiger partial charge is 0.336 e. The molecular weight excluding hydrogens is 296 g/mol. The number of benzene rings is 1. The maximum Gasteiger partial charge on any atom is 0.336 e. The van der Waals surface area contributed by atoms with Gasteiger partial charge in [-0.15, -0.1) is 5.10 Å². The molecule has 0 fully saturated rings. The van der Waals surface area contributed by atoms with Crippen LogP contribution >= 0.6 is 0 Å². The minimum Gasteiger partial charge on any atom is -0.455 e. The van der Waals surface area contributed by atoms with Gasteiger partial charge in [0.1, 0.15) is 0 Å². The molecule has 7 nitrogen and oxygen atoms in total. The Kier molecular flexibility index (Phi) is 5.10. The minimum absolute atomic E-state index is 0.0458. The Labute approximate surface area is 133 Å². The van der Waals surface area contributed by atoms with Gasteiger partial charge >= 0.3 is 5.97 Å².